The van der Waals surface area contributed by atoms with Gasteiger partial charge < -0.3 is 15.2 Å². The molecule has 25 heavy (non-hydrogen) atoms. The van der Waals surface area contributed by atoms with E-state index in [0.29, 0.717) is 12.5 Å². The Labute approximate surface area is 147 Å². The highest BCUT2D eigenvalue weighted by Crippen LogP contribution is 2.34. The highest BCUT2D eigenvalue weighted by molar-refractivity contribution is 5.74. The molecule has 7 heteroatoms. The van der Waals surface area contributed by atoms with Gasteiger partial charge in [0.15, 0.2) is 5.82 Å². The van der Waals surface area contributed by atoms with Crippen LogP contribution in [0.25, 0.3) is 0 Å². The quantitative estimate of drug-likeness (QED) is 0.875. The van der Waals surface area contributed by atoms with E-state index < -0.39 is 0 Å². The molecule has 2 aromatic rings. The van der Waals surface area contributed by atoms with E-state index in [1.165, 1.54) is 12.8 Å². The number of hydrogen-bond acceptors (Lipinski definition) is 4. The molecule has 1 fully saturated rings. The molecule has 1 unspecified atom stereocenters. The molecule has 2 aromatic heterocycles. The summed E-state index contributed by atoms with van der Waals surface area (Å²) in [6, 6.07) is 5.67. The van der Waals surface area contributed by atoms with E-state index in [2.05, 4.69) is 30.4 Å². The van der Waals surface area contributed by atoms with Crippen molar-refractivity contribution in [2.45, 2.75) is 57.7 Å². The molecule has 0 radical (unpaired) electrons. The number of aryl methyl sites for hydroxylation is 1. The van der Waals surface area contributed by atoms with Gasteiger partial charge in [-0.15, -0.1) is 10.2 Å². The van der Waals surface area contributed by atoms with Gasteiger partial charge in [0.05, 0.1) is 18.3 Å². The highest BCUT2D eigenvalue weighted by Gasteiger charge is 2.28. The van der Waals surface area contributed by atoms with Crippen LogP contribution in [0.4, 0.5) is 4.79 Å². The van der Waals surface area contributed by atoms with Crippen LogP contribution < -0.4 is 10.6 Å². The monoisotopic (exact) mass is 340 g/mol. The summed E-state index contributed by atoms with van der Waals surface area (Å²) >= 11 is 0. The summed E-state index contributed by atoms with van der Waals surface area (Å²) in [6.45, 7) is 1.35. The first-order valence-corrected chi connectivity index (χ1v) is 9.17. The third-order valence-corrected chi connectivity index (χ3v) is 5.26. The molecule has 2 N–H and O–H groups in total. The summed E-state index contributed by atoms with van der Waals surface area (Å²) in [5.74, 6) is 2.31. The molecule has 0 bridgehead atoms. The fourth-order valence-electron chi connectivity index (χ4n) is 3.98. The molecule has 0 aromatic carbocycles. The van der Waals surface area contributed by atoms with Crippen LogP contribution >= 0.6 is 0 Å². The van der Waals surface area contributed by atoms with E-state index in [-0.39, 0.29) is 12.1 Å². The van der Waals surface area contributed by atoms with Crippen molar-refractivity contribution in [3.8, 4) is 0 Å². The predicted octanol–water partition coefficient (Wildman–Crippen LogP) is 2.35. The number of hydrogen-bond donors (Lipinski definition) is 2. The Bertz CT molecular complexity index is 722. The van der Waals surface area contributed by atoms with Gasteiger partial charge in [-0.25, -0.2) is 4.79 Å². The van der Waals surface area contributed by atoms with Gasteiger partial charge in [0, 0.05) is 19.2 Å². The highest BCUT2D eigenvalue weighted by atomic mass is 16.2. The third-order valence-electron chi connectivity index (χ3n) is 5.26. The SMILES string of the molecule is O=C(NCc1nnc2n1CCC2)NC(c1ccccn1)C1CCCC1. The molecule has 0 saturated heterocycles. The number of carbonyl (C=O) groups excluding carboxylic acids is 1. The van der Waals surface area contributed by atoms with E-state index >= 15 is 0 Å². The molecule has 1 aliphatic carbocycles. The molecular formula is C18H24N6O. The Morgan fingerprint density at radius 2 is 2.12 bits per heavy atom. The Hall–Kier alpha value is -2.44. The van der Waals surface area contributed by atoms with Crippen molar-refractivity contribution in [1.82, 2.24) is 30.4 Å². The molecule has 1 saturated carbocycles. The van der Waals surface area contributed by atoms with Crippen LogP contribution in [-0.4, -0.2) is 25.8 Å². The van der Waals surface area contributed by atoms with Gasteiger partial charge in [0.1, 0.15) is 5.82 Å². The summed E-state index contributed by atoms with van der Waals surface area (Å²) in [5, 5.41) is 14.4. The molecule has 1 atom stereocenters. The number of urea groups is 1. The lowest BCUT2D eigenvalue weighted by atomic mass is 9.95. The molecule has 3 heterocycles. The normalized spacial score (nSPS) is 18.1. The van der Waals surface area contributed by atoms with Gasteiger partial charge in [0.25, 0.3) is 0 Å². The van der Waals surface area contributed by atoms with E-state index in [1.54, 1.807) is 6.20 Å². The van der Waals surface area contributed by atoms with Crippen molar-refractivity contribution < 1.29 is 4.79 Å². The molecule has 7 nitrogen and oxygen atoms in total. The Kier molecular flexibility index (Phi) is 4.63. The third kappa shape index (κ3) is 3.50. The summed E-state index contributed by atoms with van der Waals surface area (Å²) < 4.78 is 2.10. The number of fused-ring (bicyclic) bond motifs is 1. The number of amides is 2. The van der Waals surface area contributed by atoms with Crippen LogP contribution in [0, 0.1) is 5.92 Å². The van der Waals surface area contributed by atoms with Crippen molar-refractivity contribution in [3.05, 3.63) is 41.7 Å². The second kappa shape index (κ2) is 7.21. The number of nitrogens with zero attached hydrogens (tertiary/aromatic N) is 4. The average molecular weight is 340 g/mol. The van der Waals surface area contributed by atoms with Gasteiger partial charge in [-0.2, -0.15) is 0 Å². The zero-order valence-electron chi connectivity index (χ0n) is 14.3. The van der Waals surface area contributed by atoms with Gasteiger partial charge in [-0.3, -0.25) is 4.98 Å². The van der Waals surface area contributed by atoms with Crippen molar-refractivity contribution in [2.75, 3.05) is 0 Å². The van der Waals surface area contributed by atoms with Gasteiger partial charge in [0.2, 0.25) is 0 Å². The van der Waals surface area contributed by atoms with Crippen molar-refractivity contribution >= 4 is 6.03 Å². The Balaban J connectivity index is 1.40. The maximum Gasteiger partial charge on any atom is 0.315 e. The summed E-state index contributed by atoms with van der Waals surface area (Å²) in [4.78, 5) is 16.9. The lowest BCUT2D eigenvalue weighted by Crippen LogP contribution is -2.40. The maximum absolute atomic E-state index is 12.5. The molecule has 1 aliphatic heterocycles. The first-order chi connectivity index (χ1) is 12.3. The fourth-order valence-corrected chi connectivity index (χ4v) is 3.98. The van der Waals surface area contributed by atoms with Crippen LogP contribution in [0.2, 0.25) is 0 Å². The number of rotatable bonds is 5. The zero-order chi connectivity index (χ0) is 17.1. The zero-order valence-corrected chi connectivity index (χ0v) is 14.3. The standard InChI is InChI=1S/C18H24N6O/c25-18(20-12-16-23-22-15-9-5-11-24(15)16)21-17(13-6-1-2-7-13)14-8-3-4-10-19-14/h3-4,8,10,13,17H,1-2,5-7,9,11-12H2,(H2,20,21,25). The summed E-state index contributed by atoms with van der Waals surface area (Å²) in [6.07, 6.45) is 8.59. The summed E-state index contributed by atoms with van der Waals surface area (Å²) in [7, 11) is 0. The second-order valence-electron chi connectivity index (χ2n) is 6.89. The molecule has 0 spiro atoms. The minimum absolute atomic E-state index is 0.0344. The molecule has 4 rings (SSSR count). The maximum atomic E-state index is 12.5. The largest absolute Gasteiger partial charge is 0.331 e. The van der Waals surface area contributed by atoms with Crippen molar-refractivity contribution in [3.63, 3.8) is 0 Å². The number of aromatic nitrogens is 4. The van der Waals surface area contributed by atoms with E-state index in [1.807, 2.05) is 18.2 Å². The van der Waals surface area contributed by atoms with Crippen LogP contribution in [0.5, 0.6) is 0 Å². The van der Waals surface area contributed by atoms with Crippen LogP contribution in [0.15, 0.2) is 24.4 Å². The van der Waals surface area contributed by atoms with Crippen LogP contribution in [0.3, 0.4) is 0 Å². The number of nitrogens with one attached hydrogen (secondary N) is 2. The first-order valence-electron chi connectivity index (χ1n) is 9.17. The van der Waals surface area contributed by atoms with Crippen LogP contribution in [-0.2, 0) is 19.5 Å². The van der Waals surface area contributed by atoms with Gasteiger partial charge in [-0.1, -0.05) is 18.9 Å². The topological polar surface area (TPSA) is 84.7 Å². The lowest BCUT2D eigenvalue weighted by molar-refractivity contribution is 0.229. The number of carbonyl (C=O) groups is 1. The van der Waals surface area contributed by atoms with Crippen LogP contribution in [0.1, 0.15) is 55.5 Å². The summed E-state index contributed by atoms with van der Waals surface area (Å²) in [5.41, 5.74) is 0.938. The Morgan fingerprint density at radius 1 is 1.24 bits per heavy atom. The van der Waals surface area contributed by atoms with E-state index in [0.717, 1.165) is 49.6 Å². The second-order valence-corrected chi connectivity index (χ2v) is 6.89. The number of pyridine rings is 1. The van der Waals surface area contributed by atoms with Crippen molar-refractivity contribution in [1.29, 1.82) is 0 Å². The minimum atomic E-state index is -0.169. The molecule has 132 valence electrons. The minimum Gasteiger partial charge on any atom is -0.331 e. The van der Waals surface area contributed by atoms with E-state index in [9.17, 15) is 4.79 Å². The molecular weight excluding hydrogens is 316 g/mol. The molecule has 2 amide bonds. The predicted molar refractivity (Wildman–Crippen MR) is 92.7 cm³/mol. The average Bonchev–Trinajstić information content (AvgIpc) is 3.37. The van der Waals surface area contributed by atoms with E-state index in [4.69, 9.17) is 0 Å². The molecule has 2 aliphatic rings. The first kappa shape index (κ1) is 16.1. The fraction of sp³-hybridized carbons (Fsp3) is 0.556. The van der Waals surface area contributed by atoms with Gasteiger partial charge in [-0.05, 0) is 37.3 Å². The van der Waals surface area contributed by atoms with Crippen molar-refractivity contribution in [2.24, 2.45) is 5.92 Å². The Morgan fingerprint density at radius 3 is 2.92 bits per heavy atom. The van der Waals surface area contributed by atoms with Gasteiger partial charge >= 0.3 is 6.03 Å². The lowest BCUT2D eigenvalue weighted by Gasteiger charge is -2.24. The smallest absolute Gasteiger partial charge is 0.315 e.